The van der Waals surface area contributed by atoms with Gasteiger partial charge in [-0.05, 0) is 29.0 Å². The molecule has 0 unspecified atom stereocenters. The highest BCUT2D eigenvalue weighted by Crippen LogP contribution is 2.41. The fraction of sp³-hybridized carbons (Fsp3) is 0.455. The number of para-hydroxylation sites is 1. The molecule has 0 saturated heterocycles. The second-order valence-electron chi connectivity index (χ2n) is 8.59. The molecule has 0 aliphatic carbocycles. The molecule has 0 radical (unpaired) electrons. The topological polar surface area (TPSA) is 41.5 Å². The summed E-state index contributed by atoms with van der Waals surface area (Å²) in [5.41, 5.74) is 3.77. The van der Waals surface area contributed by atoms with Gasteiger partial charge in [0.25, 0.3) is 0 Å². The van der Waals surface area contributed by atoms with Crippen molar-refractivity contribution < 1.29 is 9.84 Å². The lowest BCUT2D eigenvalue weighted by molar-refractivity contribution is 0.410. The first-order valence-electron chi connectivity index (χ1n) is 8.78. The standard InChI is InChI=1S/C22H31NO2/c1-21(2,3)17-12-16(13-18(20(17)24)22(4,5)6)23-14-15-10-8-9-11-19(15)25-7/h8-13,23-24H,14H2,1-7H3. The first-order chi connectivity index (χ1) is 11.5. The van der Waals surface area contributed by atoms with Crippen molar-refractivity contribution in [1.29, 1.82) is 0 Å². The number of aromatic hydroxyl groups is 1. The Morgan fingerprint density at radius 1 is 0.920 bits per heavy atom. The predicted octanol–water partition coefficient (Wildman–Crippen LogP) is 5.61. The third-order valence-corrected chi connectivity index (χ3v) is 4.40. The van der Waals surface area contributed by atoms with Crippen LogP contribution in [0.3, 0.4) is 0 Å². The summed E-state index contributed by atoms with van der Waals surface area (Å²) in [6.07, 6.45) is 0. The Morgan fingerprint density at radius 2 is 1.44 bits per heavy atom. The zero-order valence-corrected chi connectivity index (χ0v) is 16.5. The Balaban J connectivity index is 2.41. The molecule has 2 rings (SSSR count). The lowest BCUT2D eigenvalue weighted by Gasteiger charge is -2.28. The van der Waals surface area contributed by atoms with Crippen LogP contribution >= 0.6 is 0 Å². The minimum absolute atomic E-state index is 0.133. The first-order valence-corrected chi connectivity index (χ1v) is 8.78. The molecular formula is C22H31NO2. The second-order valence-corrected chi connectivity index (χ2v) is 8.59. The van der Waals surface area contributed by atoms with Crippen molar-refractivity contribution in [1.82, 2.24) is 0 Å². The number of rotatable bonds is 4. The van der Waals surface area contributed by atoms with Gasteiger partial charge in [-0.25, -0.2) is 0 Å². The van der Waals surface area contributed by atoms with E-state index >= 15 is 0 Å². The van der Waals surface area contributed by atoms with E-state index in [1.807, 2.05) is 18.2 Å². The number of phenols is 1. The average Bonchev–Trinajstić information content (AvgIpc) is 2.51. The summed E-state index contributed by atoms with van der Waals surface area (Å²) in [5.74, 6) is 1.28. The van der Waals surface area contributed by atoms with E-state index in [9.17, 15) is 5.11 Å². The summed E-state index contributed by atoms with van der Waals surface area (Å²) < 4.78 is 5.43. The number of hydrogen-bond donors (Lipinski definition) is 2. The van der Waals surface area contributed by atoms with Gasteiger partial charge in [-0.2, -0.15) is 0 Å². The fourth-order valence-corrected chi connectivity index (χ4v) is 2.93. The first kappa shape index (κ1) is 19.2. The van der Waals surface area contributed by atoms with E-state index in [4.69, 9.17) is 4.74 Å². The maximum Gasteiger partial charge on any atom is 0.123 e. The number of methoxy groups -OCH3 is 1. The van der Waals surface area contributed by atoms with Gasteiger partial charge in [0.15, 0.2) is 0 Å². The zero-order chi connectivity index (χ0) is 18.8. The highest BCUT2D eigenvalue weighted by atomic mass is 16.5. The van der Waals surface area contributed by atoms with Crippen LogP contribution in [0.4, 0.5) is 5.69 Å². The molecule has 2 N–H and O–H groups in total. The van der Waals surface area contributed by atoms with Crippen LogP contribution in [0.2, 0.25) is 0 Å². The van der Waals surface area contributed by atoms with Gasteiger partial charge in [0.05, 0.1) is 7.11 Å². The van der Waals surface area contributed by atoms with E-state index in [1.54, 1.807) is 7.11 Å². The van der Waals surface area contributed by atoms with Gasteiger partial charge in [-0.3, -0.25) is 0 Å². The number of hydrogen-bond acceptors (Lipinski definition) is 3. The average molecular weight is 341 g/mol. The Bertz CT molecular complexity index is 701. The van der Waals surface area contributed by atoms with E-state index < -0.39 is 0 Å². The summed E-state index contributed by atoms with van der Waals surface area (Å²) in [6.45, 7) is 13.4. The molecule has 3 nitrogen and oxygen atoms in total. The third kappa shape index (κ3) is 4.47. The van der Waals surface area contributed by atoms with Crippen molar-refractivity contribution in [2.24, 2.45) is 0 Å². The van der Waals surface area contributed by atoms with Crippen molar-refractivity contribution in [2.75, 3.05) is 12.4 Å². The summed E-state index contributed by atoms with van der Waals surface area (Å²) in [6, 6.07) is 12.1. The van der Waals surface area contributed by atoms with Gasteiger partial charge in [-0.15, -0.1) is 0 Å². The molecule has 0 aliphatic rings. The van der Waals surface area contributed by atoms with Gasteiger partial charge in [-0.1, -0.05) is 59.7 Å². The molecule has 0 amide bonds. The van der Waals surface area contributed by atoms with Crippen molar-refractivity contribution in [3.05, 3.63) is 53.1 Å². The Hall–Kier alpha value is -2.16. The lowest BCUT2D eigenvalue weighted by atomic mass is 9.79. The van der Waals surface area contributed by atoms with Crippen LogP contribution in [0, 0.1) is 0 Å². The molecule has 25 heavy (non-hydrogen) atoms. The van der Waals surface area contributed by atoms with Crippen LogP contribution in [0.25, 0.3) is 0 Å². The van der Waals surface area contributed by atoms with Crippen LogP contribution in [0.1, 0.15) is 58.2 Å². The minimum Gasteiger partial charge on any atom is -0.507 e. The van der Waals surface area contributed by atoms with Crippen LogP contribution in [-0.4, -0.2) is 12.2 Å². The number of benzene rings is 2. The van der Waals surface area contributed by atoms with Gasteiger partial charge >= 0.3 is 0 Å². The monoisotopic (exact) mass is 341 g/mol. The van der Waals surface area contributed by atoms with E-state index in [-0.39, 0.29) is 10.8 Å². The van der Waals surface area contributed by atoms with Crippen molar-refractivity contribution >= 4 is 5.69 Å². The van der Waals surface area contributed by atoms with E-state index in [1.165, 1.54) is 0 Å². The summed E-state index contributed by atoms with van der Waals surface area (Å²) in [5, 5.41) is 14.3. The fourth-order valence-electron chi connectivity index (χ4n) is 2.93. The molecule has 0 aromatic heterocycles. The van der Waals surface area contributed by atoms with Gasteiger partial charge in [0.1, 0.15) is 11.5 Å². The number of nitrogens with one attached hydrogen (secondary N) is 1. The summed E-state index contributed by atoms with van der Waals surface area (Å²) in [4.78, 5) is 0. The van der Waals surface area contributed by atoms with Crippen molar-refractivity contribution in [3.8, 4) is 11.5 Å². The molecule has 0 heterocycles. The van der Waals surface area contributed by atoms with Crippen LogP contribution in [0.15, 0.2) is 36.4 Å². The van der Waals surface area contributed by atoms with Crippen molar-refractivity contribution in [2.45, 2.75) is 58.9 Å². The van der Waals surface area contributed by atoms with E-state index in [0.717, 1.165) is 28.1 Å². The molecule has 136 valence electrons. The molecule has 2 aromatic rings. The maximum absolute atomic E-state index is 10.8. The van der Waals surface area contributed by atoms with Crippen LogP contribution in [-0.2, 0) is 17.4 Å². The number of anilines is 1. The molecule has 0 saturated carbocycles. The zero-order valence-electron chi connectivity index (χ0n) is 16.5. The molecule has 0 aliphatic heterocycles. The second kappa shape index (κ2) is 6.99. The largest absolute Gasteiger partial charge is 0.507 e. The molecule has 2 aromatic carbocycles. The Kier molecular flexibility index (Phi) is 5.36. The maximum atomic E-state index is 10.8. The number of phenolic OH excluding ortho intramolecular Hbond substituents is 1. The van der Waals surface area contributed by atoms with Crippen LogP contribution in [0.5, 0.6) is 11.5 Å². The van der Waals surface area contributed by atoms with Gasteiger partial charge in [0, 0.05) is 28.9 Å². The molecule has 0 atom stereocenters. The number of ether oxygens (including phenoxy) is 1. The quantitative estimate of drug-likeness (QED) is 0.710. The summed E-state index contributed by atoms with van der Waals surface area (Å²) >= 11 is 0. The van der Waals surface area contributed by atoms with Gasteiger partial charge < -0.3 is 15.2 Å². The highest BCUT2D eigenvalue weighted by molar-refractivity contribution is 5.59. The summed E-state index contributed by atoms with van der Waals surface area (Å²) in [7, 11) is 1.69. The van der Waals surface area contributed by atoms with Gasteiger partial charge in [0.2, 0.25) is 0 Å². The lowest BCUT2D eigenvalue weighted by Crippen LogP contribution is -2.18. The smallest absolute Gasteiger partial charge is 0.123 e. The molecule has 0 spiro atoms. The highest BCUT2D eigenvalue weighted by Gasteiger charge is 2.26. The normalized spacial score (nSPS) is 12.1. The molecule has 0 bridgehead atoms. The van der Waals surface area contributed by atoms with Crippen LogP contribution < -0.4 is 10.1 Å². The third-order valence-electron chi connectivity index (χ3n) is 4.40. The Labute approximate surface area is 152 Å². The molecule has 3 heteroatoms. The van der Waals surface area contributed by atoms with Crippen molar-refractivity contribution in [3.63, 3.8) is 0 Å². The predicted molar refractivity (Wildman–Crippen MR) is 106 cm³/mol. The molecular weight excluding hydrogens is 310 g/mol. The van der Waals surface area contributed by atoms with E-state index in [2.05, 4.69) is 65.1 Å². The molecule has 0 fully saturated rings. The minimum atomic E-state index is -0.133. The van der Waals surface area contributed by atoms with E-state index in [0.29, 0.717) is 12.3 Å². The Morgan fingerprint density at radius 3 is 1.92 bits per heavy atom. The SMILES string of the molecule is COc1ccccc1CNc1cc(C(C)(C)C)c(O)c(C(C)(C)C)c1.